The van der Waals surface area contributed by atoms with Crippen molar-refractivity contribution >= 4 is 39.1 Å². The van der Waals surface area contributed by atoms with Gasteiger partial charge < -0.3 is 9.73 Å². The van der Waals surface area contributed by atoms with Crippen LogP contribution in [-0.4, -0.2) is 10.8 Å². The molecule has 0 saturated carbocycles. The Hall–Kier alpha value is -2.64. The van der Waals surface area contributed by atoms with Crippen LogP contribution in [0.25, 0.3) is 11.3 Å². The van der Waals surface area contributed by atoms with Crippen LogP contribution >= 0.6 is 27.5 Å². The van der Waals surface area contributed by atoms with Crippen LogP contribution in [0.5, 0.6) is 0 Å². The zero-order valence-corrected chi connectivity index (χ0v) is 15.6. The van der Waals surface area contributed by atoms with Crippen LogP contribution in [0, 0.1) is 10.1 Å². The number of halogens is 2. The van der Waals surface area contributed by atoms with Crippen LogP contribution in [0.1, 0.15) is 16.1 Å². The van der Waals surface area contributed by atoms with Crippen molar-refractivity contribution in [2.24, 2.45) is 0 Å². The lowest BCUT2D eigenvalue weighted by Gasteiger charge is -2.04. The third-order valence-electron chi connectivity index (χ3n) is 3.62. The lowest BCUT2D eigenvalue weighted by Crippen LogP contribution is -2.22. The summed E-state index contributed by atoms with van der Waals surface area (Å²) in [4.78, 5) is 22.5. The van der Waals surface area contributed by atoms with Gasteiger partial charge >= 0.3 is 0 Å². The van der Waals surface area contributed by atoms with Gasteiger partial charge in [0.05, 0.1) is 11.5 Å². The second-order valence-corrected chi connectivity index (χ2v) is 6.70. The normalized spacial score (nSPS) is 10.5. The van der Waals surface area contributed by atoms with E-state index in [0.717, 1.165) is 16.1 Å². The van der Waals surface area contributed by atoms with Gasteiger partial charge in [0.25, 0.3) is 11.6 Å². The zero-order valence-electron chi connectivity index (χ0n) is 13.2. The van der Waals surface area contributed by atoms with Gasteiger partial charge in [-0.15, -0.1) is 0 Å². The Labute approximate surface area is 162 Å². The van der Waals surface area contributed by atoms with Gasteiger partial charge in [0.15, 0.2) is 0 Å². The SMILES string of the molecule is O=C(NCc1ccc(-c2ccc(Br)cc2)o1)c1ccc(Cl)c([N+](=O)[O-])c1. The number of nitrogens with zero attached hydrogens (tertiary/aromatic N) is 1. The van der Waals surface area contributed by atoms with Crippen LogP contribution in [0.15, 0.2) is 63.5 Å². The molecule has 0 radical (unpaired) electrons. The number of hydrogen-bond acceptors (Lipinski definition) is 4. The molecule has 0 aliphatic rings. The highest BCUT2D eigenvalue weighted by molar-refractivity contribution is 9.10. The number of carbonyl (C=O) groups excluding carboxylic acids is 1. The third-order valence-corrected chi connectivity index (χ3v) is 4.47. The van der Waals surface area contributed by atoms with E-state index in [4.69, 9.17) is 16.0 Å². The minimum Gasteiger partial charge on any atom is -0.459 e. The van der Waals surface area contributed by atoms with Crippen LogP contribution < -0.4 is 5.32 Å². The molecule has 0 aliphatic carbocycles. The molecule has 0 spiro atoms. The molecule has 0 aliphatic heterocycles. The van der Waals surface area contributed by atoms with Crippen molar-refractivity contribution in [3.05, 3.63) is 85.5 Å². The Bertz CT molecular complexity index is 970. The molecule has 0 fully saturated rings. The summed E-state index contributed by atoms with van der Waals surface area (Å²) in [6, 6.07) is 15.1. The Balaban J connectivity index is 1.68. The number of rotatable bonds is 5. The van der Waals surface area contributed by atoms with Crippen molar-refractivity contribution in [2.75, 3.05) is 0 Å². The molecule has 0 atom stereocenters. The molecule has 1 heterocycles. The fourth-order valence-corrected chi connectivity index (χ4v) is 2.76. The van der Waals surface area contributed by atoms with Crippen molar-refractivity contribution in [1.82, 2.24) is 5.32 Å². The number of nitrogens with one attached hydrogen (secondary N) is 1. The first kappa shape index (κ1) is 18.2. The highest BCUT2D eigenvalue weighted by atomic mass is 79.9. The van der Waals surface area contributed by atoms with Crippen molar-refractivity contribution in [3.63, 3.8) is 0 Å². The third kappa shape index (κ3) is 4.12. The molecule has 0 unspecified atom stereocenters. The van der Waals surface area contributed by atoms with Gasteiger partial charge in [0.1, 0.15) is 16.5 Å². The number of hydrogen-bond donors (Lipinski definition) is 1. The summed E-state index contributed by atoms with van der Waals surface area (Å²) < 4.78 is 6.69. The van der Waals surface area contributed by atoms with Crippen molar-refractivity contribution in [3.8, 4) is 11.3 Å². The first-order valence-corrected chi connectivity index (χ1v) is 8.68. The van der Waals surface area contributed by atoms with Crippen LogP contribution in [0.2, 0.25) is 5.02 Å². The van der Waals surface area contributed by atoms with Gasteiger partial charge in [0, 0.05) is 21.7 Å². The van der Waals surface area contributed by atoms with Crippen LogP contribution in [0.4, 0.5) is 5.69 Å². The summed E-state index contributed by atoms with van der Waals surface area (Å²) in [5, 5.41) is 13.6. The molecule has 132 valence electrons. The van der Waals surface area contributed by atoms with E-state index >= 15 is 0 Å². The largest absolute Gasteiger partial charge is 0.459 e. The maximum absolute atomic E-state index is 12.2. The minimum atomic E-state index is -0.629. The Morgan fingerprint density at radius 3 is 2.58 bits per heavy atom. The average Bonchev–Trinajstić information content (AvgIpc) is 3.09. The lowest BCUT2D eigenvalue weighted by molar-refractivity contribution is -0.384. The quantitative estimate of drug-likeness (QED) is 0.441. The summed E-state index contributed by atoms with van der Waals surface area (Å²) in [6.07, 6.45) is 0. The van der Waals surface area contributed by atoms with Gasteiger partial charge in [-0.25, -0.2) is 0 Å². The topological polar surface area (TPSA) is 85.4 Å². The Kier molecular flexibility index (Phi) is 5.39. The molecule has 1 N–H and O–H groups in total. The summed E-state index contributed by atoms with van der Waals surface area (Å²) in [7, 11) is 0. The number of benzene rings is 2. The lowest BCUT2D eigenvalue weighted by atomic mass is 10.2. The van der Waals surface area contributed by atoms with Gasteiger partial charge in [-0.1, -0.05) is 39.7 Å². The molecule has 26 heavy (non-hydrogen) atoms. The first-order chi connectivity index (χ1) is 12.4. The highest BCUT2D eigenvalue weighted by Gasteiger charge is 2.16. The summed E-state index contributed by atoms with van der Waals surface area (Å²) in [5.74, 6) is 0.801. The Morgan fingerprint density at radius 2 is 1.88 bits per heavy atom. The first-order valence-electron chi connectivity index (χ1n) is 7.51. The minimum absolute atomic E-state index is 0.0169. The van der Waals surface area contributed by atoms with Crippen molar-refractivity contribution < 1.29 is 14.1 Å². The molecule has 1 amide bonds. The molecule has 0 saturated heterocycles. The van der Waals surface area contributed by atoms with Gasteiger partial charge in [0.2, 0.25) is 0 Å². The predicted octanol–water partition coefficient (Wildman–Crippen LogP) is 5.20. The number of furan rings is 1. The molecular formula is C18H12BrClN2O4. The number of amides is 1. The second kappa shape index (κ2) is 7.72. The number of carbonyl (C=O) groups is 1. The van der Waals surface area contributed by atoms with Gasteiger partial charge in [-0.2, -0.15) is 0 Å². The smallest absolute Gasteiger partial charge is 0.288 e. The molecule has 8 heteroatoms. The monoisotopic (exact) mass is 434 g/mol. The number of nitro benzene ring substituents is 1. The Morgan fingerprint density at radius 1 is 1.15 bits per heavy atom. The maximum atomic E-state index is 12.2. The molecule has 2 aromatic carbocycles. The second-order valence-electron chi connectivity index (χ2n) is 5.38. The molecule has 3 rings (SSSR count). The van der Waals surface area contributed by atoms with E-state index in [2.05, 4.69) is 21.2 Å². The van der Waals surface area contributed by atoms with E-state index in [1.807, 2.05) is 30.3 Å². The van der Waals surface area contributed by atoms with Crippen LogP contribution in [0.3, 0.4) is 0 Å². The van der Waals surface area contributed by atoms with E-state index in [0.29, 0.717) is 11.5 Å². The average molecular weight is 436 g/mol. The maximum Gasteiger partial charge on any atom is 0.288 e. The van der Waals surface area contributed by atoms with Crippen LogP contribution in [-0.2, 0) is 6.54 Å². The van der Waals surface area contributed by atoms with E-state index < -0.39 is 10.8 Å². The van der Waals surface area contributed by atoms with E-state index in [-0.39, 0.29) is 22.8 Å². The molecule has 1 aromatic heterocycles. The van der Waals surface area contributed by atoms with E-state index in [9.17, 15) is 14.9 Å². The zero-order chi connectivity index (χ0) is 18.7. The summed E-state index contributed by atoms with van der Waals surface area (Å²) in [6.45, 7) is 0.159. The number of nitro groups is 1. The fourth-order valence-electron chi connectivity index (χ4n) is 2.31. The molecule has 0 bridgehead atoms. The summed E-state index contributed by atoms with van der Waals surface area (Å²) >= 11 is 9.12. The highest BCUT2D eigenvalue weighted by Crippen LogP contribution is 2.26. The molecule has 3 aromatic rings. The van der Waals surface area contributed by atoms with E-state index in [1.54, 1.807) is 6.07 Å². The van der Waals surface area contributed by atoms with Gasteiger partial charge in [-0.3, -0.25) is 14.9 Å². The van der Waals surface area contributed by atoms with Crippen molar-refractivity contribution in [2.45, 2.75) is 6.54 Å². The summed E-state index contributed by atoms with van der Waals surface area (Å²) in [5.41, 5.74) is 0.759. The van der Waals surface area contributed by atoms with Gasteiger partial charge in [-0.05, 0) is 36.4 Å². The standard InChI is InChI=1S/C18H12BrClN2O4/c19-13-4-1-11(2-5-13)17-8-6-14(26-17)10-21-18(23)12-3-7-15(20)16(9-12)22(24)25/h1-9H,10H2,(H,21,23). The molecule has 6 nitrogen and oxygen atoms in total. The fraction of sp³-hybridized carbons (Fsp3) is 0.0556. The predicted molar refractivity (Wildman–Crippen MR) is 101 cm³/mol. The molecular weight excluding hydrogens is 424 g/mol. The van der Waals surface area contributed by atoms with Crippen molar-refractivity contribution in [1.29, 1.82) is 0 Å². The van der Waals surface area contributed by atoms with E-state index in [1.165, 1.54) is 12.1 Å².